The molecule has 3 aliphatic rings. The van der Waals surface area contributed by atoms with Gasteiger partial charge in [0, 0.05) is 38.4 Å². The van der Waals surface area contributed by atoms with Gasteiger partial charge in [-0.3, -0.25) is 24.0 Å². The predicted octanol–water partition coefficient (Wildman–Crippen LogP) is 6.93. The van der Waals surface area contributed by atoms with Crippen LogP contribution in [0.4, 0.5) is 23.2 Å². The van der Waals surface area contributed by atoms with Crippen molar-refractivity contribution >= 4 is 23.4 Å². The summed E-state index contributed by atoms with van der Waals surface area (Å²) >= 11 is 0. The summed E-state index contributed by atoms with van der Waals surface area (Å²) in [4.78, 5) is 43.9. The summed E-state index contributed by atoms with van der Waals surface area (Å²) in [5, 5.41) is 10.2. The van der Waals surface area contributed by atoms with Crippen molar-refractivity contribution in [2.45, 2.75) is 116 Å². The van der Waals surface area contributed by atoms with Gasteiger partial charge in [-0.05, 0) is 62.3 Å². The molecule has 0 bridgehead atoms. The van der Waals surface area contributed by atoms with E-state index in [-0.39, 0.29) is 61.6 Å². The molecular weight excluding hydrogens is 652 g/mol. The van der Waals surface area contributed by atoms with Gasteiger partial charge in [0.15, 0.2) is 0 Å². The smallest absolute Gasteiger partial charge is 0.282 e. The summed E-state index contributed by atoms with van der Waals surface area (Å²) in [6, 6.07) is 4.92. The van der Waals surface area contributed by atoms with Gasteiger partial charge >= 0.3 is 0 Å². The average Bonchev–Trinajstić information content (AvgIpc) is 3.63. The summed E-state index contributed by atoms with van der Waals surface area (Å²) in [6.45, 7) is 5.61. The first kappa shape index (κ1) is 37.8. The van der Waals surface area contributed by atoms with Gasteiger partial charge in [0.05, 0.1) is 11.6 Å². The van der Waals surface area contributed by atoms with Gasteiger partial charge in [0.2, 0.25) is 18.1 Å². The van der Waals surface area contributed by atoms with Gasteiger partial charge in [-0.15, -0.1) is 0 Å². The van der Waals surface area contributed by atoms with E-state index in [1.165, 1.54) is 17.0 Å². The second-order valence-corrected chi connectivity index (χ2v) is 14.6. The van der Waals surface area contributed by atoms with Crippen LogP contribution in [0.15, 0.2) is 30.5 Å². The summed E-state index contributed by atoms with van der Waals surface area (Å²) < 4.78 is 56.7. The summed E-state index contributed by atoms with van der Waals surface area (Å²) in [5.41, 5.74) is 0.696. The molecule has 2 aromatic rings. The van der Waals surface area contributed by atoms with E-state index < -0.39 is 42.3 Å². The van der Waals surface area contributed by atoms with Crippen molar-refractivity contribution < 1.29 is 31.9 Å². The highest BCUT2D eigenvalue weighted by molar-refractivity contribution is 6.01. The van der Waals surface area contributed by atoms with E-state index in [0.29, 0.717) is 11.3 Å². The maximum absolute atomic E-state index is 15.7. The van der Waals surface area contributed by atoms with Crippen LogP contribution in [0.5, 0.6) is 0 Å². The topological polar surface area (TPSA) is 99.6 Å². The first-order chi connectivity index (χ1) is 24.0. The van der Waals surface area contributed by atoms with Crippen LogP contribution in [0.25, 0.3) is 0 Å². The zero-order valence-corrected chi connectivity index (χ0v) is 29.4. The van der Waals surface area contributed by atoms with Crippen LogP contribution < -0.4 is 10.6 Å². The Labute approximate surface area is 292 Å². The molecular formula is C37H52F4N6O3. The van der Waals surface area contributed by atoms with Crippen molar-refractivity contribution in [3.8, 4) is 0 Å². The van der Waals surface area contributed by atoms with E-state index in [0.717, 1.165) is 69.1 Å². The standard InChI is InChI=1S/C37H52F4N6O3/c1-23(2)47-30(16-17-42-47)35(48)44-32(31(25-10-6-4-7-11-25)26-12-8-5-9-13-26)36(49)43-29-15-14-27(22-28(29)38)24(3)37(50)46-20-18-45(19-21-46)34(41)33(39)40/h14-17,22-26,31-34H,4-13,18-21H2,1-3H3,(H,43,49)(H,44,48). The molecule has 13 heteroatoms. The van der Waals surface area contributed by atoms with Crippen LogP contribution in [0.3, 0.4) is 0 Å². The molecule has 2 aliphatic carbocycles. The molecule has 3 atom stereocenters. The van der Waals surface area contributed by atoms with Gasteiger partial charge in [-0.1, -0.05) is 70.3 Å². The zero-order valence-electron chi connectivity index (χ0n) is 29.4. The summed E-state index contributed by atoms with van der Waals surface area (Å²) in [5.74, 6) is -2.26. The lowest BCUT2D eigenvalue weighted by atomic mass is 9.66. The molecule has 3 unspecified atom stereocenters. The summed E-state index contributed by atoms with van der Waals surface area (Å²) in [7, 11) is 0. The molecule has 1 saturated heterocycles. The number of carbonyl (C=O) groups is 3. The van der Waals surface area contributed by atoms with Crippen molar-refractivity contribution in [2.75, 3.05) is 31.5 Å². The van der Waals surface area contributed by atoms with Crippen LogP contribution in [0.1, 0.15) is 113 Å². The number of piperazine rings is 1. The highest BCUT2D eigenvalue weighted by Gasteiger charge is 2.42. The Kier molecular flexibility index (Phi) is 13.0. The highest BCUT2D eigenvalue weighted by Crippen LogP contribution is 2.42. The number of hydrogen-bond acceptors (Lipinski definition) is 5. The second-order valence-electron chi connectivity index (χ2n) is 14.6. The molecule has 3 amide bonds. The minimum Gasteiger partial charge on any atom is -0.340 e. The fourth-order valence-corrected chi connectivity index (χ4v) is 8.30. The summed E-state index contributed by atoms with van der Waals surface area (Å²) in [6.07, 6.45) is 6.59. The molecule has 0 spiro atoms. The van der Waals surface area contributed by atoms with E-state index in [1.54, 1.807) is 29.9 Å². The lowest BCUT2D eigenvalue weighted by Crippen LogP contribution is -2.53. The number of hydrogen-bond donors (Lipinski definition) is 2. The number of aromatic nitrogens is 2. The van der Waals surface area contributed by atoms with Gasteiger partial charge in [-0.25, -0.2) is 17.6 Å². The van der Waals surface area contributed by atoms with E-state index in [9.17, 15) is 27.6 Å². The lowest BCUT2D eigenvalue weighted by molar-refractivity contribution is -0.136. The Bertz CT molecular complexity index is 1430. The lowest BCUT2D eigenvalue weighted by Gasteiger charge is -2.42. The number of amides is 3. The Hall–Kier alpha value is -3.48. The largest absolute Gasteiger partial charge is 0.340 e. The molecule has 2 saturated carbocycles. The van der Waals surface area contributed by atoms with Crippen LogP contribution in [-0.2, 0) is 9.59 Å². The fraction of sp³-hybridized carbons (Fsp3) is 0.676. The van der Waals surface area contributed by atoms with E-state index in [1.807, 2.05) is 13.8 Å². The number of alkyl halides is 3. The Morgan fingerprint density at radius 3 is 1.98 bits per heavy atom. The fourth-order valence-electron chi connectivity index (χ4n) is 8.30. The number of carbonyl (C=O) groups excluding carboxylic acids is 3. The molecule has 2 N–H and O–H groups in total. The zero-order chi connectivity index (χ0) is 35.9. The molecule has 276 valence electrons. The maximum Gasteiger partial charge on any atom is 0.282 e. The third-order valence-corrected chi connectivity index (χ3v) is 11.0. The van der Waals surface area contributed by atoms with Crippen molar-refractivity contribution in [1.82, 2.24) is 24.9 Å². The van der Waals surface area contributed by atoms with Crippen LogP contribution in [0.2, 0.25) is 0 Å². The van der Waals surface area contributed by atoms with Crippen LogP contribution >= 0.6 is 0 Å². The first-order valence-corrected chi connectivity index (χ1v) is 18.4. The number of benzene rings is 1. The predicted molar refractivity (Wildman–Crippen MR) is 183 cm³/mol. The first-order valence-electron chi connectivity index (χ1n) is 18.4. The molecule has 3 fully saturated rings. The van der Waals surface area contributed by atoms with Crippen molar-refractivity contribution in [3.05, 3.63) is 47.5 Å². The average molecular weight is 705 g/mol. The Morgan fingerprint density at radius 2 is 1.44 bits per heavy atom. The van der Waals surface area contributed by atoms with Crippen LogP contribution in [-0.4, -0.2) is 82.2 Å². The highest BCUT2D eigenvalue weighted by atomic mass is 19.3. The van der Waals surface area contributed by atoms with E-state index in [2.05, 4.69) is 15.7 Å². The van der Waals surface area contributed by atoms with E-state index >= 15 is 4.39 Å². The molecule has 1 aromatic carbocycles. The SMILES string of the molecule is CC(C(=O)N1CCN(C(F)C(F)F)CC1)c1ccc(NC(=O)C(NC(=O)c2ccnn2C(C)C)C(C2CCCCC2)C2CCCCC2)c(F)c1. The number of anilines is 1. The van der Waals surface area contributed by atoms with Gasteiger partial charge < -0.3 is 15.5 Å². The second kappa shape index (κ2) is 17.2. The molecule has 9 nitrogen and oxygen atoms in total. The molecule has 0 radical (unpaired) electrons. The Morgan fingerprint density at radius 1 is 0.840 bits per heavy atom. The third kappa shape index (κ3) is 8.87. The van der Waals surface area contributed by atoms with E-state index in [4.69, 9.17) is 0 Å². The minimum atomic E-state index is -3.12. The third-order valence-electron chi connectivity index (χ3n) is 11.0. The number of nitrogens with zero attached hydrogens (tertiary/aromatic N) is 4. The monoisotopic (exact) mass is 704 g/mol. The van der Waals surface area contributed by atoms with Crippen LogP contribution in [0, 0.1) is 23.6 Å². The molecule has 5 rings (SSSR count). The quantitative estimate of drug-likeness (QED) is 0.185. The minimum absolute atomic E-state index is 0.0243. The van der Waals surface area contributed by atoms with Crippen molar-refractivity contribution in [2.24, 2.45) is 17.8 Å². The molecule has 1 aromatic heterocycles. The van der Waals surface area contributed by atoms with Gasteiger partial charge in [0.25, 0.3) is 12.3 Å². The van der Waals surface area contributed by atoms with Gasteiger partial charge in [0.1, 0.15) is 17.6 Å². The van der Waals surface area contributed by atoms with Gasteiger partial charge in [-0.2, -0.15) is 5.10 Å². The maximum atomic E-state index is 15.7. The van der Waals surface area contributed by atoms with Crippen molar-refractivity contribution in [3.63, 3.8) is 0 Å². The molecule has 50 heavy (non-hydrogen) atoms. The van der Waals surface area contributed by atoms with Crippen molar-refractivity contribution in [1.29, 1.82) is 0 Å². The number of halogens is 4. The molecule has 1 aliphatic heterocycles. The number of nitrogens with one attached hydrogen (secondary N) is 2. The normalized spacial score (nSPS) is 20.2. The Balaban J connectivity index is 1.35. The molecule has 2 heterocycles. The number of rotatable bonds is 12.